The zero-order chi connectivity index (χ0) is 23.4. The third-order valence-electron chi connectivity index (χ3n) is 5.42. The van der Waals surface area contributed by atoms with Crippen molar-refractivity contribution in [3.05, 3.63) is 101 Å². The van der Waals surface area contributed by atoms with Gasteiger partial charge in [-0.25, -0.2) is 0 Å². The van der Waals surface area contributed by atoms with E-state index in [0.29, 0.717) is 11.3 Å². The molecule has 5 nitrogen and oxygen atoms in total. The number of aryl methyl sites for hydroxylation is 3. The number of fused-ring (bicyclic) bond motifs is 1. The summed E-state index contributed by atoms with van der Waals surface area (Å²) in [5.74, 6) is 0.108. The predicted octanol–water partition coefficient (Wildman–Crippen LogP) is 6.03. The van der Waals surface area contributed by atoms with E-state index < -0.39 is 0 Å². The van der Waals surface area contributed by atoms with E-state index in [0.717, 1.165) is 38.8 Å². The van der Waals surface area contributed by atoms with Crippen LogP contribution in [-0.4, -0.2) is 18.4 Å². The minimum absolute atomic E-state index is 0.133. The van der Waals surface area contributed by atoms with Crippen LogP contribution in [0.3, 0.4) is 0 Å². The number of benzene rings is 4. The summed E-state index contributed by atoms with van der Waals surface area (Å²) in [4.78, 5) is 25.4. The van der Waals surface area contributed by atoms with Crippen LogP contribution in [0.5, 0.6) is 5.75 Å². The van der Waals surface area contributed by atoms with Gasteiger partial charge in [0.1, 0.15) is 5.75 Å². The second kappa shape index (κ2) is 9.57. The Labute approximate surface area is 193 Å². The van der Waals surface area contributed by atoms with Crippen LogP contribution in [0.1, 0.15) is 27.0 Å². The first-order valence-electron chi connectivity index (χ1n) is 10.8. The average Bonchev–Trinajstić information content (AvgIpc) is 2.79. The maximum absolute atomic E-state index is 13.0. The minimum atomic E-state index is -0.243. The summed E-state index contributed by atoms with van der Waals surface area (Å²) < 4.78 is 5.84. The van der Waals surface area contributed by atoms with Crippen LogP contribution in [0.4, 0.5) is 11.4 Å². The van der Waals surface area contributed by atoms with Crippen molar-refractivity contribution < 1.29 is 14.3 Å². The molecule has 4 rings (SSSR count). The number of hydrogen-bond acceptors (Lipinski definition) is 3. The molecule has 0 bridgehead atoms. The van der Waals surface area contributed by atoms with Gasteiger partial charge < -0.3 is 15.4 Å². The summed E-state index contributed by atoms with van der Waals surface area (Å²) in [5.41, 5.74) is 5.26. The summed E-state index contributed by atoms with van der Waals surface area (Å²) in [6.45, 7) is 5.81. The third-order valence-corrected chi connectivity index (χ3v) is 5.42. The lowest BCUT2D eigenvalue weighted by molar-refractivity contribution is -0.118. The van der Waals surface area contributed by atoms with Gasteiger partial charge in [-0.05, 0) is 67.6 Å². The van der Waals surface area contributed by atoms with Crippen LogP contribution in [0.25, 0.3) is 10.8 Å². The van der Waals surface area contributed by atoms with Gasteiger partial charge in [-0.1, -0.05) is 54.1 Å². The van der Waals surface area contributed by atoms with Crippen molar-refractivity contribution in [1.29, 1.82) is 0 Å². The normalized spacial score (nSPS) is 10.6. The second-order valence-electron chi connectivity index (χ2n) is 8.14. The molecule has 2 N–H and O–H groups in total. The Hall–Kier alpha value is -4.12. The second-order valence-corrected chi connectivity index (χ2v) is 8.14. The molecule has 4 aromatic carbocycles. The van der Waals surface area contributed by atoms with Gasteiger partial charge in [-0.2, -0.15) is 0 Å². The van der Waals surface area contributed by atoms with Crippen molar-refractivity contribution in [2.75, 3.05) is 17.2 Å². The van der Waals surface area contributed by atoms with Gasteiger partial charge in [0.15, 0.2) is 6.61 Å². The summed E-state index contributed by atoms with van der Waals surface area (Å²) >= 11 is 0. The molecule has 0 saturated heterocycles. The smallest absolute Gasteiger partial charge is 0.262 e. The largest absolute Gasteiger partial charge is 0.483 e. The molecule has 0 unspecified atom stereocenters. The van der Waals surface area contributed by atoms with Crippen LogP contribution in [0.15, 0.2) is 78.9 Å². The van der Waals surface area contributed by atoms with E-state index in [1.54, 1.807) is 12.1 Å². The van der Waals surface area contributed by atoms with Gasteiger partial charge >= 0.3 is 0 Å². The highest BCUT2D eigenvalue weighted by molar-refractivity contribution is 6.14. The van der Waals surface area contributed by atoms with E-state index in [4.69, 9.17) is 4.74 Å². The Morgan fingerprint density at radius 2 is 1.52 bits per heavy atom. The topological polar surface area (TPSA) is 67.4 Å². The molecule has 0 atom stereocenters. The fourth-order valence-corrected chi connectivity index (χ4v) is 3.80. The first-order chi connectivity index (χ1) is 15.9. The monoisotopic (exact) mass is 438 g/mol. The van der Waals surface area contributed by atoms with E-state index in [1.165, 1.54) is 0 Å². The number of nitrogens with one attached hydrogen (secondary N) is 2. The molecule has 0 spiro atoms. The Bertz CT molecular complexity index is 1340. The summed E-state index contributed by atoms with van der Waals surface area (Å²) in [6, 6.07) is 24.5. The van der Waals surface area contributed by atoms with Gasteiger partial charge in [0.05, 0.1) is 0 Å². The summed E-state index contributed by atoms with van der Waals surface area (Å²) in [7, 11) is 0. The van der Waals surface area contributed by atoms with Gasteiger partial charge in [0.2, 0.25) is 0 Å². The Morgan fingerprint density at radius 1 is 0.758 bits per heavy atom. The number of ether oxygens (including phenoxy) is 1. The van der Waals surface area contributed by atoms with Gasteiger partial charge in [0.25, 0.3) is 11.8 Å². The van der Waals surface area contributed by atoms with Crippen molar-refractivity contribution in [2.24, 2.45) is 0 Å². The lowest BCUT2D eigenvalue weighted by Gasteiger charge is -2.14. The first-order valence-corrected chi connectivity index (χ1v) is 10.8. The number of rotatable bonds is 6. The van der Waals surface area contributed by atoms with Gasteiger partial charge in [-0.15, -0.1) is 0 Å². The highest BCUT2D eigenvalue weighted by atomic mass is 16.5. The molecule has 0 aromatic heterocycles. The Morgan fingerprint density at radius 3 is 2.27 bits per heavy atom. The van der Waals surface area contributed by atoms with E-state index in [2.05, 4.69) is 10.6 Å². The van der Waals surface area contributed by atoms with E-state index in [1.807, 2.05) is 87.5 Å². The van der Waals surface area contributed by atoms with Gasteiger partial charge in [0, 0.05) is 22.3 Å². The van der Waals surface area contributed by atoms with Crippen LogP contribution >= 0.6 is 0 Å². The third kappa shape index (κ3) is 5.21. The van der Waals surface area contributed by atoms with E-state index in [9.17, 15) is 9.59 Å². The van der Waals surface area contributed by atoms with Crippen LogP contribution in [-0.2, 0) is 4.79 Å². The molecule has 0 aliphatic carbocycles. The van der Waals surface area contributed by atoms with E-state index >= 15 is 0 Å². The highest BCUT2D eigenvalue weighted by Gasteiger charge is 2.14. The molecule has 0 heterocycles. The SMILES string of the molecule is Cc1cccc(NC(=O)c2ccc(OCC(=O)Nc3ccc(C)cc3C)c3ccccc23)c1. The Kier molecular flexibility index (Phi) is 6.41. The zero-order valence-electron chi connectivity index (χ0n) is 18.9. The summed E-state index contributed by atoms with van der Waals surface area (Å²) in [5, 5.41) is 7.37. The number of carbonyl (C=O) groups is 2. The molecule has 0 aliphatic rings. The molecule has 166 valence electrons. The minimum Gasteiger partial charge on any atom is -0.483 e. The summed E-state index contributed by atoms with van der Waals surface area (Å²) in [6.07, 6.45) is 0. The number of carbonyl (C=O) groups excluding carboxylic acids is 2. The van der Waals surface area contributed by atoms with Crippen molar-refractivity contribution >= 4 is 34.0 Å². The molecule has 4 aromatic rings. The fraction of sp³-hybridized carbons (Fsp3) is 0.143. The molecular formula is C28H26N2O3. The van der Waals surface area contributed by atoms with Crippen molar-refractivity contribution in [3.63, 3.8) is 0 Å². The average molecular weight is 439 g/mol. The predicted molar refractivity (Wildman–Crippen MR) is 133 cm³/mol. The molecule has 5 heteroatoms. The first kappa shape index (κ1) is 22.1. The quantitative estimate of drug-likeness (QED) is 0.386. The van der Waals surface area contributed by atoms with Crippen LogP contribution in [0.2, 0.25) is 0 Å². The van der Waals surface area contributed by atoms with Crippen LogP contribution < -0.4 is 15.4 Å². The molecule has 0 saturated carbocycles. The maximum atomic E-state index is 13.0. The Balaban J connectivity index is 1.51. The zero-order valence-corrected chi connectivity index (χ0v) is 18.9. The fourth-order valence-electron chi connectivity index (χ4n) is 3.80. The standard InChI is InChI=1S/C28H26N2O3/c1-18-7-6-8-21(16-18)29-28(32)24-12-14-26(23-10-5-4-9-22(23)24)33-17-27(31)30-25-13-11-19(2)15-20(25)3/h4-16H,17H2,1-3H3,(H,29,32)(H,30,31). The molecule has 0 aliphatic heterocycles. The van der Waals surface area contributed by atoms with Gasteiger partial charge in [-0.3, -0.25) is 9.59 Å². The number of anilines is 2. The lowest BCUT2D eigenvalue weighted by atomic mass is 10.0. The lowest BCUT2D eigenvalue weighted by Crippen LogP contribution is -2.21. The van der Waals surface area contributed by atoms with Crippen molar-refractivity contribution in [3.8, 4) is 5.75 Å². The highest BCUT2D eigenvalue weighted by Crippen LogP contribution is 2.29. The molecule has 2 amide bonds. The van der Waals surface area contributed by atoms with Crippen molar-refractivity contribution in [2.45, 2.75) is 20.8 Å². The van der Waals surface area contributed by atoms with Crippen molar-refractivity contribution in [1.82, 2.24) is 0 Å². The maximum Gasteiger partial charge on any atom is 0.262 e. The molecular weight excluding hydrogens is 412 g/mol. The molecule has 33 heavy (non-hydrogen) atoms. The molecule has 0 radical (unpaired) electrons. The number of amides is 2. The van der Waals surface area contributed by atoms with Crippen LogP contribution in [0, 0.1) is 20.8 Å². The molecule has 0 fully saturated rings. The number of hydrogen-bond donors (Lipinski definition) is 2. The van der Waals surface area contributed by atoms with E-state index in [-0.39, 0.29) is 18.4 Å².